The third kappa shape index (κ3) is 8.84. The van der Waals surface area contributed by atoms with Crippen LogP contribution in [0.15, 0.2) is 34.2 Å². The number of sulfone groups is 1. The average Bonchev–Trinajstić information content (AvgIpc) is 2.55. The lowest BCUT2D eigenvalue weighted by molar-refractivity contribution is 0.577. The molecular weight excluding hydrogens is 400 g/mol. The van der Waals surface area contributed by atoms with Gasteiger partial charge in [0.2, 0.25) is 10.0 Å². The van der Waals surface area contributed by atoms with Crippen molar-refractivity contribution in [1.29, 1.82) is 0 Å². The van der Waals surface area contributed by atoms with Crippen molar-refractivity contribution in [3.05, 3.63) is 29.3 Å². The second kappa shape index (κ2) is 10.1. The van der Waals surface area contributed by atoms with Gasteiger partial charge >= 0.3 is 0 Å². The summed E-state index contributed by atoms with van der Waals surface area (Å²) in [5.74, 6) is 0.547. The quantitative estimate of drug-likeness (QED) is 0.304. The Morgan fingerprint density at radius 3 is 2.50 bits per heavy atom. The smallest absolute Gasteiger partial charge is 0.240 e. The second-order valence-corrected chi connectivity index (χ2v) is 10.3. The Labute approximate surface area is 160 Å². The number of hydrogen-bond donors (Lipinski definition) is 3. The normalized spacial score (nSPS) is 14.1. The van der Waals surface area contributed by atoms with Crippen LogP contribution in [-0.2, 0) is 19.9 Å². The third-order valence-corrected chi connectivity index (χ3v) is 6.02. The van der Waals surface area contributed by atoms with Crippen molar-refractivity contribution in [2.45, 2.75) is 24.3 Å². The highest BCUT2D eigenvalue weighted by Crippen LogP contribution is 2.14. The molecule has 0 saturated carbocycles. The predicted molar refractivity (Wildman–Crippen MR) is 105 cm³/mol. The summed E-state index contributed by atoms with van der Waals surface area (Å²) in [5, 5.41) is 6.37. The van der Waals surface area contributed by atoms with Gasteiger partial charge in [0.05, 0.1) is 10.6 Å². The minimum Gasteiger partial charge on any atom is -0.355 e. The van der Waals surface area contributed by atoms with Crippen LogP contribution in [0.25, 0.3) is 0 Å². The van der Waals surface area contributed by atoms with Crippen molar-refractivity contribution in [3.63, 3.8) is 0 Å². The van der Waals surface area contributed by atoms with Crippen LogP contribution >= 0.6 is 11.6 Å². The zero-order valence-electron chi connectivity index (χ0n) is 15.0. The number of benzene rings is 1. The molecule has 0 aromatic heterocycles. The van der Waals surface area contributed by atoms with Crippen molar-refractivity contribution < 1.29 is 16.8 Å². The first-order valence-corrected chi connectivity index (χ1v) is 11.9. The molecule has 26 heavy (non-hydrogen) atoms. The Morgan fingerprint density at radius 1 is 1.23 bits per heavy atom. The highest BCUT2D eigenvalue weighted by Gasteiger charge is 2.14. The molecule has 8 nitrogen and oxygen atoms in total. The van der Waals surface area contributed by atoms with E-state index in [-0.39, 0.29) is 23.2 Å². The van der Waals surface area contributed by atoms with Crippen molar-refractivity contribution in [1.82, 2.24) is 15.4 Å². The average molecular weight is 425 g/mol. The highest BCUT2D eigenvalue weighted by molar-refractivity contribution is 7.90. The summed E-state index contributed by atoms with van der Waals surface area (Å²) in [6.45, 7) is 2.30. The standard InChI is InChI=1S/C15H25ClN4O4S2/c1-12(7-10-25(3,21)22)20-15(17-2)18-8-9-19-26(23,24)14-6-4-5-13(16)11-14/h4-6,11-12,19H,7-10H2,1-3H3,(H2,17,18,20). The van der Waals surface area contributed by atoms with Gasteiger partial charge in [-0.3, -0.25) is 4.99 Å². The van der Waals surface area contributed by atoms with Crippen molar-refractivity contribution in [2.24, 2.45) is 4.99 Å². The highest BCUT2D eigenvalue weighted by atomic mass is 35.5. The van der Waals surface area contributed by atoms with Gasteiger partial charge in [-0.25, -0.2) is 21.6 Å². The van der Waals surface area contributed by atoms with Gasteiger partial charge in [0.15, 0.2) is 5.96 Å². The number of aliphatic imine (C=N–C) groups is 1. The zero-order chi connectivity index (χ0) is 19.8. The van der Waals surface area contributed by atoms with Crippen LogP contribution in [0, 0.1) is 0 Å². The van der Waals surface area contributed by atoms with Crippen LogP contribution in [0.1, 0.15) is 13.3 Å². The van der Waals surface area contributed by atoms with Crippen molar-refractivity contribution in [3.8, 4) is 0 Å². The Morgan fingerprint density at radius 2 is 1.92 bits per heavy atom. The van der Waals surface area contributed by atoms with E-state index in [2.05, 4.69) is 20.3 Å². The molecule has 148 valence electrons. The van der Waals surface area contributed by atoms with E-state index in [9.17, 15) is 16.8 Å². The Balaban J connectivity index is 2.43. The number of rotatable bonds is 9. The molecule has 0 saturated heterocycles. The number of sulfonamides is 1. The number of guanidine groups is 1. The molecule has 0 spiro atoms. The van der Waals surface area contributed by atoms with Gasteiger partial charge in [-0.15, -0.1) is 0 Å². The number of nitrogens with zero attached hydrogens (tertiary/aromatic N) is 1. The van der Waals surface area contributed by atoms with Crippen molar-refractivity contribution in [2.75, 3.05) is 32.1 Å². The van der Waals surface area contributed by atoms with E-state index in [0.29, 0.717) is 23.9 Å². The lowest BCUT2D eigenvalue weighted by Crippen LogP contribution is -2.45. The van der Waals surface area contributed by atoms with Gasteiger partial charge in [-0.2, -0.15) is 0 Å². The molecule has 11 heteroatoms. The predicted octanol–water partition coefficient (Wildman–Crippen LogP) is 0.607. The largest absolute Gasteiger partial charge is 0.355 e. The second-order valence-electron chi connectivity index (χ2n) is 5.82. The molecule has 0 fully saturated rings. The van der Waals surface area contributed by atoms with Crippen LogP contribution in [0.3, 0.4) is 0 Å². The number of hydrogen-bond acceptors (Lipinski definition) is 5. The monoisotopic (exact) mass is 424 g/mol. The van der Waals surface area contributed by atoms with E-state index in [1.807, 2.05) is 6.92 Å². The van der Waals surface area contributed by atoms with Crippen molar-refractivity contribution >= 4 is 37.4 Å². The Hall–Kier alpha value is -1.36. The summed E-state index contributed by atoms with van der Waals surface area (Å²) >= 11 is 5.81. The zero-order valence-corrected chi connectivity index (χ0v) is 17.4. The van der Waals surface area contributed by atoms with Gasteiger partial charge in [0, 0.05) is 37.5 Å². The topological polar surface area (TPSA) is 117 Å². The van der Waals surface area contributed by atoms with Gasteiger partial charge in [-0.05, 0) is 31.5 Å². The lowest BCUT2D eigenvalue weighted by Gasteiger charge is -2.17. The minimum absolute atomic E-state index is 0.0809. The van der Waals surface area contributed by atoms with E-state index in [0.717, 1.165) is 0 Å². The summed E-state index contributed by atoms with van der Waals surface area (Å²) in [5.41, 5.74) is 0. The molecule has 1 atom stereocenters. The molecule has 0 heterocycles. The van der Waals surface area contributed by atoms with Crippen LogP contribution in [0.5, 0.6) is 0 Å². The fraction of sp³-hybridized carbons (Fsp3) is 0.533. The van der Waals surface area contributed by atoms with E-state index < -0.39 is 19.9 Å². The summed E-state index contributed by atoms with van der Waals surface area (Å²) < 4.78 is 49.2. The molecule has 1 aromatic carbocycles. The molecule has 0 amide bonds. The third-order valence-electron chi connectivity index (χ3n) is 3.34. The number of halogens is 1. The first-order valence-electron chi connectivity index (χ1n) is 7.93. The van der Waals surface area contributed by atoms with Gasteiger partial charge < -0.3 is 10.6 Å². The molecular formula is C15H25ClN4O4S2. The summed E-state index contributed by atoms with van der Waals surface area (Å²) in [6.07, 6.45) is 1.64. The van der Waals surface area contributed by atoms with E-state index in [1.165, 1.54) is 18.4 Å². The Bertz CT molecular complexity index is 826. The SMILES string of the molecule is CN=C(NCCNS(=O)(=O)c1cccc(Cl)c1)NC(C)CCS(C)(=O)=O. The van der Waals surface area contributed by atoms with Gasteiger partial charge in [-0.1, -0.05) is 17.7 Å². The maximum Gasteiger partial charge on any atom is 0.240 e. The van der Waals surface area contributed by atoms with Crippen LogP contribution < -0.4 is 15.4 Å². The summed E-state index contributed by atoms with van der Waals surface area (Å²) in [4.78, 5) is 4.13. The van der Waals surface area contributed by atoms with Gasteiger partial charge in [0.1, 0.15) is 9.84 Å². The fourth-order valence-electron chi connectivity index (χ4n) is 1.97. The molecule has 0 bridgehead atoms. The molecule has 1 unspecified atom stereocenters. The molecule has 0 aliphatic rings. The lowest BCUT2D eigenvalue weighted by atomic mass is 10.3. The van der Waals surface area contributed by atoms with Gasteiger partial charge in [0.25, 0.3) is 0 Å². The molecule has 0 aliphatic heterocycles. The van der Waals surface area contributed by atoms with E-state index in [1.54, 1.807) is 19.2 Å². The molecule has 0 aliphatic carbocycles. The van der Waals surface area contributed by atoms with Crippen LogP contribution in [0.4, 0.5) is 0 Å². The molecule has 1 aromatic rings. The number of nitrogens with one attached hydrogen (secondary N) is 3. The molecule has 0 radical (unpaired) electrons. The maximum absolute atomic E-state index is 12.2. The Kier molecular flexibility index (Phi) is 8.81. The van der Waals surface area contributed by atoms with E-state index in [4.69, 9.17) is 11.6 Å². The molecule has 1 rings (SSSR count). The summed E-state index contributed by atoms with van der Waals surface area (Å²) in [6, 6.07) is 5.91. The maximum atomic E-state index is 12.2. The first kappa shape index (κ1) is 22.7. The van der Waals surface area contributed by atoms with Crippen LogP contribution in [0.2, 0.25) is 5.02 Å². The van der Waals surface area contributed by atoms with Crippen LogP contribution in [-0.4, -0.2) is 61.0 Å². The minimum atomic E-state index is -3.64. The summed E-state index contributed by atoms with van der Waals surface area (Å²) in [7, 11) is -5.07. The fourth-order valence-corrected chi connectivity index (χ4v) is 4.09. The molecule has 3 N–H and O–H groups in total. The first-order chi connectivity index (χ1) is 12.0. The van der Waals surface area contributed by atoms with E-state index >= 15 is 0 Å².